The Morgan fingerprint density at radius 1 is 0.950 bits per heavy atom. The molecule has 0 atom stereocenters. The lowest BCUT2D eigenvalue weighted by Crippen LogP contribution is -2.18. The van der Waals surface area contributed by atoms with E-state index in [1.54, 1.807) is 43.6 Å². The van der Waals surface area contributed by atoms with Crippen molar-refractivity contribution in [2.24, 2.45) is 5.92 Å². The second kappa shape index (κ2) is 11.6. The molecule has 3 aromatic carbocycles. The minimum atomic E-state index is -0.378. The third kappa shape index (κ3) is 5.83. The lowest BCUT2D eigenvalue weighted by Gasteiger charge is -2.12. The van der Waals surface area contributed by atoms with Crippen molar-refractivity contribution in [1.82, 2.24) is 5.32 Å². The first-order valence-electron chi connectivity index (χ1n) is 13.2. The molecule has 0 saturated carbocycles. The number of hydrogen-bond acceptors (Lipinski definition) is 5. The van der Waals surface area contributed by atoms with E-state index in [1.165, 1.54) is 12.1 Å². The number of hydrogen-bond donors (Lipinski definition) is 1. The second-order valence-electron chi connectivity index (χ2n) is 10.1. The summed E-state index contributed by atoms with van der Waals surface area (Å²) in [5.74, 6) is 1.30. The Kier molecular flexibility index (Phi) is 7.82. The first-order chi connectivity index (χ1) is 19.3. The highest BCUT2D eigenvalue weighted by molar-refractivity contribution is 6.12. The van der Waals surface area contributed by atoms with Gasteiger partial charge in [0, 0.05) is 30.0 Å². The average molecular weight is 540 g/mol. The summed E-state index contributed by atoms with van der Waals surface area (Å²) in [5.41, 5.74) is 3.55. The van der Waals surface area contributed by atoms with Crippen LogP contribution in [0.2, 0.25) is 0 Å². The molecule has 5 rings (SSSR count). The van der Waals surface area contributed by atoms with Gasteiger partial charge in [0.25, 0.3) is 5.91 Å². The summed E-state index contributed by atoms with van der Waals surface area (Å²) >= 11 is 0. The molecule has 0 aliphatic carbocycles. The Bertz CT molecular complexity index is 1650. The maximum absolute atomic E-state index is 13.6. The van der Waals surface area contributed by atoms with Crippen LogP contribution in [0.4, 0.5) is 4.39 Å². The minimum Gasteiger partial charge on any atom is -0.486 e. The lowest BCUT2D eigenvalue weighted by atomic mass is 9.96. The Morgan fingerprint density at radius 3 is 2.42 bits per heavy atom. The predicted octanol–water partition coefficient (Wildman–Crippen LogP) is 8.06. The van der Waals surface area contributed by atoms with E-state index in [9.17, 15) is 14.0 Å². The summed E-state index contributed by atoms with van der Waals surface area (Å²) in [6, 6.07) is 20.4. The number of ketones is 1. The number of benzene rings is 3. The van der Waals surface area contributed by atoms with Gasteiger partial charge in [-0.2, -0.15) is 0 Å². The van der Waals surface area contributed by atoms with Gasteiger partial charge in [0.15, 0.2) is 5.78 Å². The smallest absolute Gasteiger partial charge is 0.255 e. The van der Waals surface area contributed by atoms with Crippen molar-refractivity contribution in [2.75, 3.05) is 7.05 Å². The van der Waals surface area contributed by atoms with Gasteiger partial charge in [-0.25, -0.2) is 4.39 Å². The summed E-state index contributed by atoms with van der Waals surface area (Å²) in [6.45, 7) is 4.40. The molecule has 204 valence electrons. The Balaban J connectivity index is 1.59. The van der Waals surface area contributed by atoms with Crippen LogP contribution < -0.4 is 10.1 Å². The monoisotopic (exact) mass is 539 g/mol. The van der Waals surface area contributed by atoms with Crippen LogP contribution in [0.1, 0.15) is 53.2 Å². The van der Waals surface area contributed by atoms with E-state index in [4.69, 9.17) is 13.6 Å². The molecule has 0 radical (unpaired) electrons. The zero-order valence-corrected chi connectivity index (χ0v) is 22.6. The van der Waals surface area contributed by atoms with E-state index in [0.29, 0.717) is 57.3 Å². The third-order valence-corrected chi connectivity index (χ3v) is 6.72. The quantitative estimate of drug-likeness (QED) is 0.182. The molecule has 0 fully saturated rings. The number of carbonyl (C=O) groups is 2. The van der Waals surface area contributed by atoms with Crippen molar-refractivity contribution in [3.05, 3.63) is 102 Å². The number of furan rings is 2. The Hall–Kier alpha value is -4.65. The zero-order valence-electron chi connectivity index (χ0n) is 22.6. The van der Waals surface area contributed by atoms with Crippen LogP contribution in [0.15, 0.2) is 87.9 Å². The molecule has 0 bridgehead atoms. The number of Topliss-reactive ketones (excluding diaryl/α,β-unsaturated/α-hetero) is 1. The summed E-state index contributed by atoms with van der Waals surface area (Å²) < 4.78 is 31.1. The van der Waals surface area contributed by atoms with Crippen LogP contribution in [0.25, 0.3) is 33.4 Å². The van der Waals surface area contributed by atoms with E-state index in [-0.39, 0.29) is 24.1 Å². The standard InChI is InChI=1S/C33H30FNO5/c1-20(2)6-12-29(36)24-15-23(16-27(17-24)39-19-26-5-4-14-38-26)22-9-13-30-28(18-22)31(33(37)35-3)32(40-30)21-7-10-25(34)11-8-21/h4-5,7-11,13-18,20H,6,12,19H2,1-3H3,(H,35,37). The fraction of sp³-hybridized carbons (Fsp3) is 0.212. The third-order valence-electron chi connectivity index (χ3n) is 6.72. The van der Waals surface area contributed by atoms with Gasteiger partial charge in [0.05, 0.1) is 11.8 Å². The fourth-order valence-corrected chi connectivity index (χ4v) is 4.56. The predicted molar refractivity (Wildman–Crippen MR) is 152 cm³/mol. The number of carbonyl (C=O) groups excluding carboxylic acids is 2. The number of fused-ring (bicyclic) bond motifs is 1. The van der Waals surface area contributed by atoms with Crippen molar-refractivity contribution in [3.8, 4) is 28.2 Å². The van der Waals surface area contributed by atoms with Gasteiger partial charge in [-0.1, -0.05) is 19.9 Å². The first kappa shape index (κ1) is 26.9. The van der Waals surface area contributed by atoms with Crippen molar-refractivity contribution < 1.29 is 27.6 Å². The van der Waals surface area contributed by atoms with Gasteiger partial charge >= 0.3 is 0 Å². The van der Waals surface area contributed by atoms with E-state index >= 15 is 0 Å². The summed E-state index contributed by atoms with van der Waals surface area (Å²) in [7, 11) is 1.55. The van der Waals surface area contributed by atoms with E-state index in [2.05, 4.69) is 19.2 Å². The maximum atomic E-state index is 13.6. The molecular formula is C33H30FNO5. The molecule has 0 unspecified atom stereocenters. The molecule has 2 aromatic heterocycles. The number of halogens is 1. The number of amides is 1. The zero-order chi connectivity index (χ0) is 28.2. The molecule has 5 aromatic rings. The first-order valence-corrected chi connectivity index (χ1v) is 13.2. The highest BCUT2D eigenvalue weighted by Crippen LogP contribution is 2.37. The van der Waals surface area contributed by atoms with Gasteiger partial charge in [-0.3, -0.25) is 9.59 Å². The summed E-state index contributed by atoms with van der Waals surface area (Å²) in [4.78, 5) is 26.1. The number of nitrogens with one attached hydrogen (secondary N) is 1. The largest absolute Gasteiger partial charge is 0.486 e. The van der Waals surface area contributed by atoms with Crippen LogP contribution in [0, 0.1) is 11.7 Å². The molecule has 0 saturated heterocycles. The maximum Gasteiger partial charge on any atom is 0.255 e. The lowest BCUT2D eigenvalue weighted by molar-refractivity contribution is 0.0960. The minimum absolute atomic E-state index is 0.0347. The summed E-state index contributed by atoms with van der Waals surface area (Å²) in [5, 5.41) is 3.28. The van der Waals surface area contributed by atoms with Gasteiger partial charge in [-0.05, 0) is 90.2 Å². The molecule has 0 aliphatic heterocycles. The van der Waals surface area contributed by atoms with Crippen molar-refractivity contribution in [2.45, 2.75) is 33.3 Å². The molecule has 40 heavy (non-hydrogen) atoms. The van der Waals surface area contributed by atoms with Crippen molar-refractivity contribution in [1.29, 1.82) is 0 Å². The normalized spacial score (nSPS) is 11.2. The summed E-state index contributed by atoms with van der Waals surface area (Å²) in [6.07, 6.45) is 2.80. The van der Waals surface area contributed by atoms with Crippen LogP contribution in [-0.2, 0) is 6.61 Å². The highest BCUT2D eigenvalue weighted by atomic mass is 19.1. The molecule has 7 heteroatoms. The molecular weight excluding hydrogens is 509 g/mol. The Labute approximate surface area is 231 Å². The van der Waals surface area contributed by atoms with Crippen molar-refractivity contribution in [3.63, 3.8) is 0 Å². The van der Waals surface area contributed by atoms with Gasteiger partial charge in [-0.15, -0.1) is 0 Å². The van der Waals surface area contributed by atoms with Gasteiger partial charge in [0.2, 0.25) is 0 Å². The van der Waals surface area contributed by atoms with E-state index < -0.39 is 0 Å². The van der Waals surface area contributed by atoms with Crippen LogP contribution in [-0.4, -0.2) is 18.7 Å². The second-order valence-corrected chi connectivity index (χ2v) is 10.1. The fourth-order valence-electron chi connectivity index (χ4n) is 4.56. The van der Waals surface area contributed by atoms with Gasteiger partial charge < -0.3 is 18.9 Å². The molecule has 1 N–H and O–H groups in total. The molecule has 6 nitrogen and oxygen atoms in total. The van der Waals surface area contributed by atoms with Crippen LogP contribution >= 0.6 is 0 Å². The van der Waals surface area contributed by atoms with Crippen LogP contribution in [0.5, 0.6) is 5.75 Å². The van der Waals surface area contributed by atoms with Crippen molar-refractivity contribution >= 4 is 22.7 Å². The molecule has 0 aliphatic rings. The average Bonchev–Trinajstić information content (AvgIpc) is 3.62. The van der Waals surface area contributed by atoms with Crippen LogP contribution in [0.3, 0.4) is 0 Å². The highest BCUT2D eigenvalue weighted by Gasteiger charge is 2.22. The number of rotatable bonds is 10. The SMILES string of the molecule is CNC(=O)c1c(-c2ccc(F)cc2)oc2ccc(-c3cc(OCc4ccco4)cc(C(=O)CCC(C)C)c3)cc12. The van der Waals surface area contributed by atoms with E-state index in [0.717, 1.165) is 17.5 Å². The topological polar surface area (TPSA) is 81.7 Å². The van der Waals surface area contributed by atoms with Gasteiger partial charge in [0.1, 0.15) is 35.3 Å². The Morgan fingerprint density at radius 2 is 1.73 bits per heavy atom. The molecule has 1 amide bonds. The number of ether oxygens (including phenoxy) is 1. The molecule has 0 spiro atoms. The molecule has 2 heterocycles. The van der Waals surface area contributed by atoms with E-state index in [1.807, 2.05) is 30.3 Å².